The SMILES string of the molecule is O=C(O)CC1(NC(=O)c2cnc(Cl)cn2)CCCCC1. The van der Waals surface area contributed by atoms with E-state index >= 15 is 0 Å². The van der Waals surface area contributed by atoms with Gasteiger partial charge in [0.05, 0.1) is 24.4 Å². The first-order valence-electron chi connectivity index (χ1n) is 6.53. The number of amides is 1. The van der Waals surface area contributed by atoms with E-state index in [-0.39, 0.29) is 17.3 Å². The van der Waals surface area contributed by atoms with Crippen LogP contribution in [0.3, 0.4) is 0 Å². The van der Waals surface area contributed by atoms with Gasteiger partial charge in [-0.05, 0) is 12.8 Å². The van der Waals surface area contributed by atoms with Crippen molar-refractivity contribution in [3.05, 3.63) is 23.2 Å². The van der Waals surface area contributed by atoms with E-state index in [0.29, 0.717) is 12.8 Å². The molecule has 1 heterocycles. The van der Waals surface area contributed by atoms with Crippen molar-refractivity contribution in [1.82, 2.24) is 15.3 Å². The molecule has 0 aliphatic heterocycles. The monoisotopic (exact) mass is 297 g/mol. The van der Waals surface area contributed by atoms with E-state index < -0.39 is 17.4 Å². The number of hydrogen-bond acceptors (Lipinski definition) is 4. The maximum Gasteiger partial charge on any atom is 0.305 e. The van der Waals surface area contributed by atoms with Gasteiger partial charge in [-0.2, -0.15) is 0 Å². The normalized spacial score (nSPS) is 17.4. The van der Waals surface area contributed by atoms with Crippen LogP contribution in [0.2, 0.25) is 5.15 Å². The van der Waals surface area contributed by atoms with Gasteiger partial charge in [0.2, 0.25) is 0 Å². The Labute approximate surface area is 121 Å². The van der Waals surface area contributed by atoms with Crippen molar-refractivity contribution in [2.45, 2.75) is 44.1 Å². The van der Waals surface area contributed by atoms with E-state index in [2.05, 4.69) is 15.3 Å². The molecule has 1 aromatic rings. The molecule has 1 aliphatic carbocycles. The van der Waals surface area contributed by atoms with E-state index in [9.17, 15) is 9.59 Å². The summed E-state index contributed by atoms with van der Waals surface area (Å²) in [5.74, 6) is -1.31. The molecule has 1 fully saturated rings. The predicted octanol–water partition coefficient (Wildman–Crippen LogP) is 2.04. The first-order valence-corrected chi connectivity index (χ1v) is 6.90. The van der Waals surface area contributed by atoms with Crippen molar-refractivity contribution < 1.29 is 14.7 Å². The van der Waals surface area contributed by atoms with Crippen molar-refractivity contribution in [3.63, 3.8) is 0 Å². The molecule has 1 aromatic heterocycles. The molecule has 0 radical (unpaired) electrons. The highest BCUT2D eigenvalue weighted by atomic mass is 35.5. The fourth-order valence-corrected chi connectivity index (χ4v) is 2.70. The van der Waals surface area contributed by atoms with Crippen molar-refractivity contribution in [3.8, 4) is 0 Å². The highest BCUT2D eigenvalue weighted by Gasteiger charge is 2.36. The minimum Gasteiger partial charge on any atom is -0.481 e. The summed E-state index contributed by atoms with van der Waals surface area (Å²) in [6, 6.07) is 0. The van der Waals surface area contributed by atoms with Crippen LogP contribution in [0.4, 0.5) is 0 Å². The Kier molecular flexibility index (Phi) is 4.54. The topological polar surface area (TPSA) is 92.2 Å². The Bertz CT molecular complexity index is 498. The number of nitrogens with one attached hydrogen (secondary N) is 1. The van der Waals surface area contributed by atoms with Crippen LogP contribution in [0.15, 0.2) is 12.4 Å². The van der Waals surface area contributed by atoms with Crippen LogP contribution in [-0.4, -0.2) is 32.5 Å². The number of nitrogens with zero attached hydrogens (tertiary/aromatic N) is 2. The smallest absolute Gasteiger partial charge is 0.305 e. The van der Waals surface area contributed by atoms with Crippen molar-refractivity contribution in [2.75, 3.05) is 0 Å². The Balaban J connectivity index is 2.12. The molecule has 6 nitrogen and oxygen atoms in total. The molecule has 0 aromatic carbocycles. The zero-order valence-electron chi connectivity index (χ0n) is 10.9. The maximum atomic E-state index is 12.2. The van der Waals surface area contributed by atoms with E-state index in [1.807, 2.05) is 0 Å². The van der Waals surface area contributed by atoms with Gasteiger partial charge in [0.25, 0.3) is 5.91 Å². The lowest BCUT2D eigenvalue weighted by Gasteiger charge is -2.36. The minimum atomic E-state index is -0.908. The largest absolute Gasteiger partial charge is 0.481 e. The number of rotatable bonds is 4. The number of aromatic nitrogens is 2. The van der Waals surface area contributed by atoms with Gasteiger partial charge in [-0.1, -0.05) is 30.9 Å². The summed E-state index contributed by atoms with van der Waals surface area (Å²) in [5.41, 5.74) is -0.535. The third-order valence-electron chi connectivity index (χ3n) is 3.53. The van der Waals surface area contributed by atoms with Gasteiger partial charge in [-0.25, -0.2) is 9.97 Å². The van der Waals surface area contributed by atoms with Gasteiger partial charge >= 0.3 is 5.97 Å². The molecule has 1 amide bonds. The zero-order chi connectivity index (χ0) is 14.6. The van der Waals surface area contributed by atoms with Gasteiger partial charge in [0.15, 0.2) is 0 Å². The van der Waals surface area contributed by atoms with Gasteiger partial charge in [0, 0.05) is 0 Å². The van der Waals surface area contributed by atoms with Crippen LogP contribution in [0.1, 0.15) is 49.0 Å². The third-order valence-corrected chi connectivity index (χ3v) is 3.73. The van der Waals surface area contributed by atoms with Crippen LogP contribution >= 0.6 is 11.6 Å². The Morgan fingerprint density at radius 1 is 1.25 bits per heavy atom. The standard InChI is InChI=1S/C13H16ClN3O3/c14-10-8-15-9(7-16-10)12(20)17-13(6-11(18)19)4-2-1-3-5-13/h7-8H,1-6H2,(H,17,20)(H,18,19). The van der Waals surface area contributed by atoms with Crippen molar-refractivity contribution >= 4 is 23.5 Å². The van der Waals surface area contributed by atoms with Crippen molar-refractivity contribution in [2.24, 2.45) is 0 Å². The summed E-state index contributed by atoms with van der Waals surface area (Å²) in [7, 11) is 0. The summed E-state index contributed by atoms with van der Waals surface area (Å²) in [4.78, 5) is 30.9. The molecule has 0 unspecified atom stereocenters. The quantitative estimate of drug-likeness (QED) is 0.887. The molecule has 108 valence electrons. The molecule has 0 saturated heterocycles. The molecule has 0 bridgehead atoms. The van der Waals surface area contributed by atoms with Gasteiger partial charge in [-0.15, -0.1) is 0 Å². The average molecular weight is 298 g/mol. The number of hydrogen-bond donors (Lipinski definition) is 2. The predicted molar refractivity (Wildman–Crippen MR) is 72.6 cm³/mol. The van der Waals surface area contributed by atoms with E-state index in [4.69, 9.17) is 16.7 Å². The fourth-order valence-electron chi connectivity index (χ4n) is 2.60. The van der Waals surface area contributed by atoms with E-state index in [0.717, 1.165) is 19.3 Å². The van der Waals surface area contributed by atoms with Crippen LogP contribution in [-0.2, 0) is 4.79 Å². The molecule has 2 N–H and O–H groups in total. The second-order valence-corrected chi connectivity index (χ2v) is 5.48. The zero-order valence-corrected chi connectivity index (χ0v) is 11.7. The Morgan fingerprint density at radius 3 is 2.50 bits per heavy atom. The lowest BCUT2D eigenvalue weighted by molar-refractivity contribution is -0.139. The lowest BCUT2D eigenvalue weighted by atomic mass is 9.79. The van der Waals surface area contributed by atoms with Crippen LogP contribution in [0, 0.1) is 0 Å². The van der Waals surface area contributed by atoms with Crippen LogP contribution in [0.5, 0.6) is 0 Å². The molecule has 1 aliphatic rings. The summed E-state index contributed by atoms with van der Waals surface area (Å²) < 4.78 is 0. The first-order chi connectivity index (χ1) is 9.51. The summed E-state index contributed by atoms with van der Waals surface area (Å²) in [6.45, 7) is 0. The van der Waals surface area contributed by atoms with E-state index in [1.54, 1.807) is 0 Å². The molecule has 20 heavy (non-hydrogen) atoms. The lowest BCUT2D eigenvalue weighted by Crippen LogP contribution is -2.51. The van der Waals surface area contributed by atoms with Gasteiger partial charge < -0.3 is 10.4 Å². The van der Waals surface area contributed by atoms with Gasteiger partial charge in [-0.3, -0.25) is 9.59 Å². The number of halogens is 1. The first kappa shape index (κ1) is 14.7. The molecular weight excluding hydrogens is 282 g/mol. The summed E-state index contributed by atoms with van der Waals surface area (Å²) in [6.07, 6.45) is 6.76. The summed E-state index contributed by atoms with van der Waals surface area (Å²) >= 11 is 5.62. The number of carbonyl (C=O) groups excluding carboxylic acids is 1. The third kappa shape index (κ3) is 3.66. The summed E-state index contributed by atoms with van der Waals surface area (Å²) in [5, 5.41) is 12.1. The fraction of sp³-hybridized carbons (Fsp3) is 0.538. The molecule has 1 saturated carbocycles. The number of carboxylic acid groups (broad SMARTS) is 1. The second-order valence-electron chi connectivity index (χ2n) is 5.09. The molecule has 0 atom stereocenters. The molecule has 7 heteroatoms. The molecule has 2 rings (SSSR count). The van der Waals surface area contributed by atoms with Crippen LogP contribution < -0.4 is 5.32 Å². The molecule has 0 spiro atoms. The van der Waals surface area contributed by atoms with Crippen LogP contribution in [0.25, 0.3) is 0 Å². The van der Waals surface area contributed by atoms with Gasteiger partial charge in [0.1, 0.15) is 10.8 Å². The number of aliphatic carboxylic acids is 1. The number of carbonyl (C=O) groups is 2. The Morgan fingerprint density at radius 2 is 1.95 bits per heavy atom. The minimum absolute atomic E-state index is 0.0697. The highest BCUT2D eigenvalue weighted by molar-refractivity contribution is 6.29. The average Bonchev–Trinajstić information content (AvgIpc) is 2.39. The highest BCUT2D eigenvalue weighted by Crippen LogP contribution is 2.31. The molecular formula is C13H16ClN3O3. The second kappa shape index (κ2) is 6.17. The Hall–Kier alpha value is -1.69. The maximum absolute atomic E-state index is 12.2. The number of carboxylic acids is 1. The van der Waals surface area contributed by atoms with E-state index in [1.165, 1.54) is 12.4 Å². The van der Waals surface area contributed by atoms with Crippen molar-refractivity contribution in [1.29, 1.82) is 0 Å².